The highest BCUT2D eigenvalue weighted by molar-refractivity contribution is 5.90. The van der Waals surface area contributed by atoms with Crippen molar-refractivity contribution in [2.24, 2.45) is 0 Å². The fourth-order valence-corrected chi connectivity index (χ4v) is 2.52. The zero-order valence-corrected chi connectivity index (χ0v) is 15.0. The van der Waals surface area contributed by atoms with Crippen LogP contribution < -0.4 is 20.3 Å². The quantitative estimate of drug-likeness (QED) is 0.726. The summed E-state index contributed by atoms with van der Waals surface area (Å²) in [6.45, 7) is -0.133. The Morgan fingerprint density at radius 1 is 1.04 bits per heavy atom. The van der Waals surface area contributed by atoms with Crippen LogP contribution in [0.4, 0.5) is 5.69 Å². The van der Waals surface area contributed by atoms with E-state index >= 15 is 0 Å². The number of nitrogens with zero attached hydrogens (tertiary/aromatic N) is 2. The van der Waals surface area contributed by atoms with Gasteiger partial charge in [-0.15, -0.1) is 0 Å². The lowest BCUT2D eigenvalue weighted by Gasteiger charge is -2.09. The zero-order valence-electron chi connectivity index (χ0n) is 15.0. The van der Waals surface area contributed by atoms with E-state index in [1.165, 1.54) is 17.0 Å². The summed E-state index contributed by atoms with van der Waals surface area (Å²) in [7, 11) is 3.14. The van der Waals surface area contributed by atoms with Crippen LogP contribution in [0.25, 0.3) is 11.3 Å². The van der Waals surface area contributed by atoms with E-state index in [4.69, 9.17) is 9.47 Å². The Hall–Kier alpha value is -3.61. The van der Waals surface area contributed by atoms with Crippen molar-refractivity contribution in [3.05, 3.63) is 71.3 Å². The minimum absolute atomic E-state index is 0.133. The van der Waals surface area contributed by atoms with Gasteiger partial charge >= 0.3 is 0 Å². The van der Waals surface area contributed by atoms with Gasteiger partial charge in [0.05, 0.1) is 26.2 Å². The number of aromatic nitrogens is 2. The van der Waals surface area contributed by atoms with Gasteiger partial charge in [0.25, 0.3) is 5.56 Å². The molecule has 2 aromatic carbocycles. The molecular formula is C20H19N3O4. The van der Waals surface area contributed by atoms with Gasteiger partial charge in [-0.25, -0.2) is 4.98 Å². The lowest BCUT2D eigenvalue weighted by Crippen LogP contribution is -2.27. The van der Waals surface area contributed by atoms with Crippen molar-refractivity contribution in [1.82, 2.24) is 9.55 Å². The van der Waals surface area contributed by atoms with Crippen LogP contribution in [0, 0.1) is 0 Å². The first-order valence-electron chi connectivity index (χ1n) is 8.24. The van der Waals surface area contributed by atoms with Crippen molar-refractivity contribution in [2.75, 3.05) is 19.5 Å². The Balaban J connectivity index is 1.71. The highest BCUT2D eigenvalue weighted by Crippen LogP contribution is 2.19. The molecule has 1 amide bonds. The van der Waals surface area contributed by atoms with Crippen molar-refractivity contribution in [3.63, 3.8) is 0 Å². The third kappa shape index (κ3) is 4.52. The molecule has 0 bridgehead atoms. The molecule has 3 aromatic rings. The average Bonchev–Trinajstić information content (AvgIpc) is 2.69. The molecule has 7 heteroatoms. The van der Waals surface area contributed by atoms with E-state index in [1.807, 2.05) is 12.1 Å². The van der Waals surface area contributed by atoms with Gasteiger partial charge in [-0.1, -0.05) is 6.07 Å². The molecule has 0 aliphatic carbocycles. The van der Waals surface area contributed by atoms with Crippen molar-refractivity contribution in [1.29, 1.82) is 0 Å². The molecule has 0 fully saturated rings. The molecule has 1 aromatic heterocycles. The van der Waals surface area contributed by atoms with Crippen LogP contribution in [0.5, 0.6) is 11.5 Å². The summed E-state index contributed by atoms with van der Waals surface area (Å²) >= 11 is 0. The molecule has 0 aliphatic rings. The number of methoxy groups -OCH3 is 2. The van der Waals surface area contributed by atoms with Gasteiger partial charge < -0.3 is 14.8 Å². The van der Waals surface area contributed by atoms with E-state index in [2.05, 4.69) is 10.3 Å². The molecule has 0 saturated carbocycles. The Bertz CT molecular complexity index is 997. The summed E-state index contributed by atoms with van der Waals surface area (Å²) in [6, 6.07) is 15.6. The molecule has 1 heterocycles. The molecule has 0 radical (unpaired) electrons. The number of rotatable bonds is 6. The first-order chi connectivity index (χ1) is 13.1. The number of nitrogens with one attached hydrogen (secondary N) is 1. The van der Waals surface area contributed by atoms with Crippen LogP contribution in [0.15, 0.2) is 65.7 Å². The Labute approximate surface area is 156 Å². The van der Waals surface area contributed by atoms with Gasteiger partial charge in [0.1, 0.15) is 18.0 Å². The van der Waals surface area contributed by atoms with Gasteiger partial charge in [-0.05, 0) is 36.4 Å². The number of benzene rings is 2. The summed E-state index contributed by atoms with van der Waals surface area (Å²) in [5.41, 5.74) is 1.61. The summed E-state index contributed by atoms with van der Waals surface area (Å²) in [5, 5.41) is 2.73. The van der Waals surface area contributed by atoms with Crippen LogP contribution in [-0.2, 0) is 11.3 Å². The number of ether oxygens (including phenoxy) is 2. The van der Waals surface area contributed by atoms with Crippen LogP contribution in [-0.4, -0.2) is 29.7 Å². The summed E-state index contributed by atoms with van der Waals surface area (Å²) in [5.74, 6) is 1.03. The maximum Gasteiger partial charge on any atom is 0.254 e. The third-order valence-electron chi connectivity index (χ3n) is 3.93. The first kappa shape index (κ1) is 18.2. The van der Waals surface area contributed by atoms with E-state index in [9.17, 15) is 9.59 Å². The molecule has 3 rings (SSSR count). The number of hydrogen-bond acceptors (Lipinski definition) is 5. The number of amides is 1. The fourth-order valence-electron chi connectivity index (χ4n) is 2.52. The molecule has 27 heavy (non-hydrogen) atoms. The topological polar surface area (TPSA) is 82.5 Å². The standard InChI is InChI=1S/C20H19N3O4/c1-26-16-8-6-14(7-9-16)18-11-20(25)23(13-21-18)12-19(24)22-15-4-3-5-17(10-15)27-2/h3-11,13H,12H2,1-2H3,(H,22,24). The average molecular weight is 365 g/mol. The predicted molar refractivity (Wildman–Crippen MR) is 102 cm³/mol. The summed E-state index contributed by atoms with van der Waals surface area (Å²) in [6.07, 6.45) is 1.37. The molecule has 0 atom stereocenters. The third-order valence-corrected chi connectivity index (χ3v) is 3.93. The van der Waals surface area contributed by atoms with Crippen molar-refractivity contribution >= 4 is 11.6 Å². The van der Waals surface area contributed by atoms with Gasteiger partial charge in [0, 0.05) is 23.4 Å². The first-order valence-corrected chi connectivity index (χ1v) is 8.24. The number of carbonyl (C=O) groups excluding carboxylic acids is 1. The van der Waals surface area contributed by atoms with Crippen LogP contribution in [0.2, 0.25) is 0 Å². The fraction of sp³-hybridized carbons (Fsp3) is 0.150. The van der Waals surface area contributed by atoms with Gasteiger partial charge in [0.15, 0.2) is 0 Å². The van der Waals surface area contributed by atoms with Gasteiger partial charge in [-0.2, -0.15) is 0 Å². The number of anilines is 1. The Kier molecular flexibility index (Phi) is 5.51. The Morgan fingerprint density at radius 3 is 2.44 bits per heavy atom. The largest absolute Gasteiger partial charge is 0.497 e. The molecule has 138 valence electrons. The van der Waals surface area contributed by atoms with Crippen molar-refractivity contribution < 1.29 is 14.3 Å². The van der Waals surface area contributed by atoms with E-state index in [-0.39, 0.29) is 18.0 Å². The van der Waals surface area contributed by atoms with Crippen LogP contribution in [0.1, 0.15) is 0 Å². The van der Waals surface area contributed by atoms with Crippen LogP contribution in [0.3, 0.4) is 0 Å². The molecule has 1 N–H and O–H groups in total. The normalized spacial score (nSPS) is 10.3. The second-order valence-electron chi connectivity index (χ2n) is 5.75. The minimum Gasteiger partial charge on any atom is -0.497 e. The summed E-state index contributed by atoms with van der Waals surface area (Å²) < 4.78 is 11.5. The van der Waals surface area contributed by atoms with Crippen molar-refractivity contribution in [3.8, 4) is 22.8 Å². The van der Waals surface area contributed by atoms with Gasteiger partial charge in [0.2, 0.25) is 5.91 Å². The molecule has 0 saturated heterocycles. The van der Waals surface area contributed by atoms with Crippen molar-refractivity contribution in [2.45, 2.75) is 6.54 Å². The van der Waals surface area contributed by atoms with E-state index < -0.39 is 0 Å². The highest BCUT2D eigenvalue weighted by Gasteiger charge is 2.08. The number of hydrogen-bond donors (Lipinski definition) is 1. The van der Waals surface area contributed by atoms with E-state index in [0.29, 0.717) is 17.1 Å². The van der Waals surface area contributed by atoms with E-state index in [0.717, 1.165) is 11.3 Å². The zero-order chi connectivity index (χ0) is 19.2. The smallest absolute Gasteiger partial charge is 0.254 e. The predicted octanol–water partition coefficient (Wildman–Crippen LogP) is 2.57. The molecular weight excluding hydrogens is 346 g/mol. The minimum atomic E-state index is -0.329. The Morgan fingerprint density at radius 2 is 1.78 bits per heavy atom. The number of carbonyl (C=O) groups is 1. The van der Waals surface area contributed by atoms with Gasteiger partial charge in [-0.3, -0.25) is 14.2 Å². The highest BCUT2D eigenvalue weighted by atomic mass is 16.5. The molecule has 0 unspecified atom stereocenters. The maximum absolute atomic E-state index is 12.3. The maximum atomic E-state index is 12.3. The summed E-state index contributed by atoms with van der Waals surface area (Å²) in [4.78, 5) is 28.8. The second kappa shape index (κ2) is 8.18. The lowest BCUT2D eigenvalue weighted by atomic mass is 10.1. The SMILES string of the molecule is COc1ccc(-c2cc(=O)n(CC(=O)Nc3cccc(OC)c3)cn2)cc1. The molecule has 0 aliphatic heterocycles. The van der Waals surface area contributed by atoms with Crippen LogP contribution >= 0.6 is 0 Å². The molecule has 0 spiro atoms. The monoisotopic (exact) mass is 365 g/mol. The lowest BCUT2D eigenvalue weighted by molar-refractivity contribution is -0.116. The van der Waals surface area contributed by atoms with E-state index in [1.54, 1.807) is 50.6 Å². The second-order valence-corrected chi connectivity index (χ2v) is 5.75. The molecule has 7 nitrogen and oxygen atoms in total.